The van der Waals surface area contributed by atoms with E-state index in [1.54, 1.807) is 18.2 Å². The Labute approximate surface area is 134 Å². The molecule has 2 N–H and O–H groups in total. The quantitative estimate of drug-likeness (QED) is 0.872. The third-order valence-electron chi connectivity index (χ3n) is 2.93. The topological polar surface area (TPSA) is 41.1 Å². The number of nitrogens with one attached hydrogen (secondary N) is 2. The zero-order valence-corrected chi connectivity index (χ0v) is 13.1. The van der Waals surface area contributed by atoms with Crippen LogP contribution in [0, 0.1) is 6.92 Å². The molecule has 0 aliphatic heterocycles. The van der Waals surface area contributed by atoms with E-state index in [1.807, 2.05) is 31.2 Å². The van der Waals surface area contributed by atoms with Crippen molar-refractivity contribution in [3.05, 3.63) is 63.6 Å². The summed E-state index contributed by atoms with van der Waals surface area (Å²) in [5, 5.41) is 6.91. The summed E-state index contributed by atoms with van der Waals surface area (Å²) in [7, 11) is 0. The minimum absolute atomic E-state index is 0.0910. The van der Waals surface area contributed by atoms with Crippen LogP contribution in [0.3, 0.4) is 0 Å². The van der Waals surface area contributed by atoms with E-state index in [4.69, 9.17) is 23.2 Å². The van der Waals surface area contributed by atoms with Gasteiger partial charge in [0.2, 0.25) is 5.91 Å². The lowest BCUT2D eigenvalue weighted by Gasteiger charge is -2.09. The van der Waals surface area contributed by atoms with E-state index in [1.165, 1.54) is 5.56 Å². The van der Waals surface area contributed by atoms with Crippen LogP contribution in [0.2, 0.25) is 10.0 Å². The van der Waals surface area contributed by atoms with Crippen LogP contribution in [0.25, 0.3) is 0 Å². The number of aryl methyl sites for hydroxylation is 1. The minimum Gasteiger partial charge on any atom is -0.376 e. The Bertz CT molecular complexity index is 606. The first-order chi connectivity index (χ1) is 10.0. The number of hydrogen-bond donors (Lipinski definition) is 2. The van der Waals surface area contributed by atoms with Crippen LogP contribution in [0.4, 0.5) is 5.69 Å². The third kappa shape index (κ3) is 5.29. The van der Waals surface area contributed by atoms with E-state index in [0.717, 1.165) is 11.3 Å². The van der Waals surface area contributed by atoms with Crippen LogP contribution in [-0.2, 0) is 11.3 Å². The SMILES string of the molecule is Cc1ccc(CNC(=O)CNc2cc(Cl)cc(Cl)c2)cc1. The molecule has 21 heavy (non-hydrogen) atoms. The first-order valence-corrected chi connectivity index (χ1v) is 7.31. The number of rotatable bonds is 5. The standard InChI is InChI=1S/C16H16Cl2N2O/c1-11-2-4-12(5-3-11)9-20-16(21)10-19-15-7-13(17)6-14(18)8-15/h2-8,19H,9-10H2,1H3,(H,20,21). The van der Waals surface area contributed by atoms with Crippen LogP contribution < -0.4 is 10.6 Å². The Balaban J connectivity index is 1.80. The molecule has 0 radical (unpaired) electrons. The minimum atomic E-state index is -0.0910. The van der Waals surface area contributed by atoms with Gasteiger partial charge in [0.25, 0.3) is 0 Å². The molecule has 0 saturated heterocycles. The molecular formula is C16H16Cl2N2O. The summed E-state index contributed by atoms with van der Waals surface area (Å²) in [6, 6.07) is 13.1. The highest BCUT2D eigenvalue weighted by molar-refractivity contribution is 6.35. The fraction of sp³-hybridized carbons (Fsp3) is 0.188. The number of carbonyl (C=O) groups excluding carboxylic acids is 1. The first-order valence-electron chi connectivity index (χ1n) is 6.55. The second kappa shape index (κ2) is 7.34. The second-order valence-electron chi connectivity index (χ2n) is 4.77. The lowest BCUT2D eigenvalue weighted by Crippen LogP contribution is -2.29. The van der Waals surface area contributed by atoms with E-state index < -0.39 is 0 Å². The van der Waals surface area contributed by atoms with E-state index >= 15 is 0 Å². The van der Waals surface area contributed by atoms with Crippen LogP contribution in [-0.4, -0.2) is 12.5 Å². The molecule has 2 rings (SSSR count). The van der Waals surface area contributed by atoms with Crippen molar-refractivity contribution in [1.82, 2.24) is 5.32 Å². The summed E-state index contributed by atoms with van der Waals surface area (Å²) >= 11 is 11.8. The zero-order chi connectivity index (χ0) is 15.2. The van der Waals surface area contributed by atoms with Gasteiger partial charge in [-0.3, -0.25) is 4.79 Å². The molecule has 0 saturated carbocycles. The van der Waals surface area contributed by atoms with Gasteiger partial charge in [0, 0.05) is 22.3 Å². The second-order valence-corrected chi connectivity index (χ2v) is 5.65. The third-order valence-corrected chi connectivity index (χ3v) is 3.36. The summed E-state index contributed by atoms with van der Waals surface area (Å²) in [5.74, 6) is -0.0910. The molecule has 0 atom stereocenters. The molecule has 0 fully saturated rings. The first kappa shape index (κ1) is 15.7. The number of amides is 1. The van der Waals surface area contributed by atoms with Gasteiger partial charge in [0.15, 0.2) is 0 Å². The molecule has 0 aromatic heterocycles. The molecule has 2 aromatic rings. The summed E-state index contributed by atoms with van der Waals surface area (Å²) in [4.78, 5) is 11.8. The Morgan fingerprint density at radius 2 is 1.67 bits per heavy atom. The highest BCUT2D eigenvalue weighted by Gasteiger charge is 2.03. The van der Waals surface area contributed by atoms with Crippen molar-refractivity contribution in [3.8, 4) is 0 Å². The monoisotopic (exact) mass is 322 g/mol. The highest BCUT2D eigenvalue weighted by atomic mass is 35.5. The number of hydrogen-bond acceptors (Lipinski definition) is 2. The van der Waals surface area contributed by atoms with Crippen molar-refractivity contribution >= 4 is 34.8 Å². The Kier molecular flexibility index (Phi) is 5.48. The maximum atomic E-state index is 11.8. The molecule has 0 heterocycles. The van der Waals surface area contributed by atoms with Gasteiger partial charge in [-0.05, 0) is 30.7 Å². The van der Waals surface area contributed by atoms with Gasteiger partial charge in [-0.1, -0.05) is 53.0 Å². The van der Waals surface area contributed by atoms with Crippen molar-refractivity contribution in [2.75, 3.05) is 11.9 Å². The van der Waals surface area contributed by atoms with Crippen LogP contribution in [0.5, 0.6) is 0 Å². The van der Waals surface area contributed by atoms with E-state index in [2.05, 4.69) is 10.6 Å². The average molecular weight is 323 g/mol. The Hall–Kier alpha value is -1.71. The highest BCUT2D eigenvalue weighted by Crippen LogP contribution is 2.22. The zero-order valence-electron chi connectivity index (χ0n) is 11.6. The molecule has 110 valence electrons. The number of halogens is 2. The van der Waals surface area contributed by atoms with Crippen LogP contribution >= 0.6 is 23.2 Å². The Morgan fingerprint density at radius 3 is 2.29 bits per heavy atom. The van der Waals surface area contributed by atoms with Gasteiger partial charge in [-0.2, -0.15) is 0 Å². The normalized spacial score (nSPS) is 10.2. The number of anilines is 1. The fourth-order valence-electron chi connectivity index (χ4n) is 1.81. The van der Waals surface area contributed by atoms with Gasteiger partial charge in [0.1, 0.15) is 0 Å². The predicted molar refractivity (Wildman–Crippen MR) is 88.0 cm³/mol. The maximum absolute atomic E-state index is 11.8. The smallest absolute Gasteiger partial charge is 0.239 e. The largest absolute Gasteiger partial charge is 0.376 e. The van der Waals surface area contributed by atoms with Crippen molar-refractivity contribution < 1.29 is 4.79 Å². The molecule has 0 spiro atoms. The van der Waals surface area contributed by atoms with Gasteiger partial charge in [-0.25, -0.2) is 0 Å². The van der Waals surface area contributed by atoms with E-state index in [9.17, 15) is 4.79 Å². The van der Waals surface area contributed by atoms with Crippen molar-refractivity contribution in [2.24, 2.45) is 0 Å². The molecule has 0 unspecified atom stereocenters. The van der Waals surface area contributed by atoms with Crippen molar-refractivity contribution in [3.63, 3.8) is 0 Å². The van der Waals surface area contributed by atoms with Gasteiger partial charge < -0.3 is 10.6 Å². The lowest BCUT2D eigenvalue weighted by molar-refractivity contribution is -0.119. The van der Waals surface area contributed by atoms with Crippen molar-refractivity contribution in [1.29, 1.82) is 0 Å². The maximum Gasteiger partial charge on any atom is 0.239 e. The Morgan fingerprint density at radius 1 is 1.05 bits per heavy atom. The molecule has 2 aromatic carbocycles. The summed E-state index contributed by atoms with van der Waals surface area (Å²) in [5.41, 5.74) is 2.99. The summed E-state index contributed by atoms with van der Waals surface area (Å²) in [6.07, 6.45) is 0. The lowest BCUT2D eigenvalue weighted by atomic mass is 10.1. The predicted octanol–water partition coefficient (Wildman–Crippen LogP) is 4.03. The molecule has 5 heteroatoms. The number of carbonyl (C=O) groups is 1. The molecular weight excluding hydrogens is 307 g/mol. The van der Waals surface area contributed by atoms with Gasteiger partial charge in [0.05, 0.1) is 6.54 Å². The molecule has 3 nitrogen and oxygen atoms in total. The van der Waals surface area contributed by atoms with Crippen molar-refractivity contribution in [2.45, 2.75) is 13.5 Å². The van der Waals surface area contributed by atoms with E-state index in [-0.39, 0.29) is 12.5 Å². The summed E-state index contributed by atoms with van der Waals surface area (Å²) < 4.78 is 0. The molecule has 0 aliphatic rings. The van der Waals surface area contributed by atoms with Crippen LogP contribution in [0.15, 0.2) is 42.5 Å². The molecule has 1 amide bonds. The fourth-order valence-corrected chi connectivity index (χ4v) is 2.33. The van der Waals surface area contributed by atoms with Gasteiger partial charge >= 0.3 is 0 Å². The van der Waals surface area contributed by atoms with Crippen LogP contribution in [0.1, 0.15) is 11.1 Å². The number of benzene rings is 2. The van der Waals surface area contributed by atoms with E-state index in [0.29, 0.717) is 16.6 Å². The molecule has 0 aliphatic carbocycles. The average Bonchev–Trinajstić information content (AvgIpc) is 2.43. The summed E-state index contributed by atoms with van der Waals surface area (Å²) in [6.45, 7) is 2.71. The molecule has 0 bridgehead atoms. The van der Waals surface area contributed by atoms with Gasteiger partial charge in [-0.15, -0.1) is 0 Å².